The lowest BCUT2D eigenvalue weighted by Gasteiger charge is -2.38. The molecule has 2 aromatic heterocycles. The van der Waals surface area contributed by atoms with E-state index in [1.54, 1.807) is 24.7 Å². The molecule has 0 radical (unpaired) electrons. The average molecular weight is 567 g/mol. The summed E-state index contributed by atoms with van der Waals surface area (Å²) in [6, 6.07) is 9.38. The Morgan fingerprint density at radius 2 is 1.54 bits per heavy atom. The van der Waals surface area contributed by atoms with Gasteiger partial charge >= 0.3 is 24.3 Å². The molecule has 0 bridgehead atoms. The van der Waals surface area contributed by atoms with E-state index in [0.717, 1.165) is 18.4 Å². The van der Waals surface area contributed by atoms with Crippen LogP contribution in [0.3, 0.4) is 0 Å². The summed E-state index contributed by atoms with van der Waals surface area (Å²) in [5.41, 5.74) is 1.58. The molecule has 2 aromatic rings. The van der Waals surface area contributed by atoms with Crippen LogP contribution in [0.1, 0.15) is 28.9 Å². The van der Waals surface area contributed by atoms with Crippen LogP contribution < -0.4 is 0 Å². The second kappa shape index (κ2) is 13.8. The van der Waals surface area contributed by atoms with E-state index in [0.29, 0.717) is 25.5 Å². The largest absolute Gasteiger partial charge is 0.490 e. The number of aliphatic carboxylic acids is 2. The van der Waals surface area contributed by atoms with E-state index in [1.165, 1.54) is 0 Å². The van der Waals surface area contributed by atoms with Crippen molar-refractivity contribution in [2.45, 2.75) is 50.1 Å². The summed E-state index contributed by atoms with van der Waals surface area (Å²) in [7, 11) is 0. The fraction of sp³-hybridized carbons (Fsp3) is 0.435. The number of halogens is 6. The molecule has 214 valence electrons. The predicted molar refractivity (Wildman–Crippen MR) is 118 cm³/mol. The minimum atomic E-state index is -5.08. The number of carbonyl (C=O) groups excluding carboxylic acids is 1. The van der Waals surface area contributed by atoms with Gasteiger partial charge in [0.05, 0.1) is 25.4 Å². The van der Waals surface area contributed by atoms with Crippen molar-refractivity contribution >= 4 is 17.8 Å². The van der Waals surface area contributed by atoms with E-state index in [2.05, 4.69) is 9.97 Å². The molecule has 1 amide bonds. The molecule has 1 aliphatic carbocycles. The quantitative estimate of drug-likeness (QED) is 0.533. The number of amides is 1. The Bertz CT molecular complexity index is 1060. The van der Waals surface area contributed by atoms with Gasteiger partial charge in [-0.15, -0.1) is 0 Å². The van der Waals surface area contributed by atoms with Crippen LogP contribution in [-0.4, -0.2) is 86.7 Å². The van der Waals surface area contributed by atoms with Gasteiger partial charge in [-0.1, -0.05) is 6.07 Å². The monoisotopic (exact) mass is 567 g/mol. The third-order valence-electron chi connectivity index (χ3n) is 5.38. The molecule has 4 rings (SSSR count). The van der Waals surface area contributed by atoms with Crippen molar-refractivity contribution < 1.29 is 60.4 Å². The van der Waals surface area contributed by atoms with Crippen molar-refractivity contribution in [2.24, 2.45) is 0 Å². The zero-order valence-corrected chi connectivity index (χ0v) is 19.9. The molecule has 3 atom stereocenters. The summed E-state index contributed by atoms with van der Waals surface area (Å²) in [5, 5.41) is 14.2. The maximum atomic E-state index is 12.8. The molecule has 16 heteroatoms. The van der Waals surface area contributed by atoms with Crippen molar-refractivity contribution in [3.63, 3.8) is 0 Å². The highest BCUT2D eigenvalue weighted by molar-refractivity contribution is 5.92. The second-order valence-corrected chi connectivity index (χ2v) is 8.00. The molecule has 2 fully saturated rings. The van der Waals surface area contributed by atoms with Gasteiger partial charge in [0.1, 0.15) is 11.8 Å². The number of aromatic nitrogens is 2. The van der Waals surface area contributed by atoms with Gasteiger partial charge in [-0.2, -0.15) is 26.3 Å². The van der Waals surface area contributed by atoms with Gasteiger partial charge in [0.25, 0.3) is 5.91 Å². The van der Waals surface area contributed by atoms with Crippen LogP contribution in [0.25, 0.3) is 0 Å². The fourth-order valence-corrected chi connectivity index (χ4v) is 3.66. The van der Waals surface area contributed by atoms with Crippen LogP contribution in [0.2, 0.25) is 0 Å². The van der Waals surface area contributed by atoms with Gasteiger partial charge in [0.15, 0.2) is 0 Å². The Morgan fingerprint density at radius 1 is 0.949 bits per heavy atom. The molecule has 0 spiro atoms. The zero-order chi connectivity index (χ0) is 29.2. The SMILES string of the molecule is O=C(O)C(F)(F)F.O=C(O)C(F)(F)F.O=C(c1ccccn1)N1CCO[C@H]2[C@H](OCc3ccncc3)CC[C@@H]21. The highest BCUT2D eigenvalue weighted by Gasteiger charge is 2.45. The van der Waals surface area contributed by atoms with Crippen molar-refractivity contribution in [1.82, 2.24) is 14.9 Å². The minimum Gasteiger partial charge on any atom is -0.475 e. The molecule has 2 N–H and O–H groups in total. The topological polar surface area (TPSA) is 139 Å². The highest BCUT2D eigenvalue weighted by Crippen LogP contribution is 2.33. The number of rotatable bonds is 4. The van der Waals surface area contributed by atoms with E-state index in [4.69, 9.17) is 29.3 Å². The number of fused-ring (bicyclic) bond motifs is 1. The number of pyridine rings is 2. The van der Waals surface area contributed by atoms with E-state index < -0.39 is 24.3 Å². The van der Waals surface area contributed by atoms with Crippen LogP contribution in [-0.2, 0) is 25.7 Å². The fourth-order valence-electron chi connectivity index (χ4n) is 3.66. The molecule has 0 aromatic carbocycles. The number of carbonyl (C=O) groups is 3. The van der Waals surface area contributed by atoms with Gasteiger partial charge in [-0.25, -0.2) is 9.59 Å². The molecular weight excluding hydrogens is 544 g/mol. The molecule has 2 aliphatic rings. The van der Waals surface area contributed by atoms with Crippen LogP contribution in [0.4, 0.5) is 26.3 Å². The second-order valence-electron chi connectivity index (χ2n) is 8.00. The maximum absolute atomic E-state index is 12.8. The predicted octanol–water partition coefficient (Wildman–Crippen LogP) is 3.33. The number of carboxylic acid groups (broad SMARTS) is 2. The Labute approximate surface area is 217 Å². The molecular formula is C23H23F6N3O7. The van der Waals surface area contributed by atoms with Crippen molar-refractivity contribution in [2.75, 3.05) is 13.2 Å². The first-order valence-electron chi connectivity index (χ1n) is 11.2. The van der Waals surface area contributed by atoms with Crippen LogP contribution in [0.5, 0.6) is 0 Å². The average Bonchev–Trinajstić information content (AvgIpc) is 3.31. The number of ether oxygens (including phenoxy) is 2. The number of nitrogens with zero attached hydrogens (tertiary/aromatic N) is 3. The summed E-state index contributed by atoms with van der Waals surface area (Å²) in [4.78, 5) is 40.7. The molecule has 39 heavy (non-hydrogen) atoms. The first kappa shape index (κ1) is 31.4. The Morgan fingerprint density at radius 3 is 2.05 bits per heavy atom. The Balaban J connectivity index is 0.000000317. The number of alkyl halides is 6. The molecule has 1 saturated heterocycles. The standard InChI is InChI=1S/C19H21N3O3.2C2HF3O2/c23-19(15-3-1-2-8-21-15)22-11-12-24-18-16(22)4-5-17(18)25-13-14-6-9-20-10-7-14;2*3-2(4,5)1(6)7/h1-3,6-10,16-18H,4-5,11-13H2;2*(H,6,7)/t16-,17+,18+;;/m0../s1. The first-order chi connectivity index (χ1) is 18.2. The summed E-state index contributed by atoms with van der Waals surface area (Å²) in [6.07, 6.45) is -3.25. The normalized spacial score (nSPS) is 20.5. The number of hydrogen-bond donors (Lipinski definition) is 2. The lowest BCUT2D eigenvalue weighted by molar-refractivity contribution is -0.193. The third kappa shape index (κ3) is 9.79. The summed E-state index contributed by atoms with van der Waals surface area (Å²) < 4.78 is 75.5. The van der Waals surface area contributed by atoms with Gasteiger partial charge in [0, 0.05) is 25.1 Å². The summed E-state index contributed by atoms with van der Waals surface area (Å²) in [5.74, 6) is -5.53. The molecule has 3 heterocycles. The van der Waals surface area contributed by atoms with E-state index >= 15 is 0 Å². The van der Waals surface area contributed by atoms with E-state index in [9.17, 15) is 31.1 Å². The highest BCUT2D eigenvalue weighted by atomic mass is 19.4. The van der Waals surface area contributed by atoms with Gasteiger partial charge in [0.2, 0.25) is 0 Å². The van der Waals surface area contributed by atoms with E-state index in [1.807, 2.05) is 29.2 Å². The zero-order valence-electron chi connectivity index (χ0n) is 19.9. The lowest BCUT2D eigenvalue weighted by atomic mass is 10.1. The Hall–Kier alpha value is -3.79. The lowest BCUT2D eigenvalue weighted by Crippen LogP contribution is -2.54. The number of carboxylic acids is 2. The van der Waals surface area contributed by atoms with Crippen molar-refractivity contribution in [3.05, 3.63) is 60.2 Å². The third-order valence-corrected chi connectivity index (χ3v) is 5.38. The Kier molecular flexibility index (Phi) is 11.2. The van der Waals surface area contributed by atoms with Gasteiger partial charge in [-0.3, -0.25) is 14.8 Å². The molecule has 1 saturated carbocycles. The number of morpholine rings is 1. The minimum absolute atomic E-state index is 0.0116. The van der Waals surface area contributed by atoms with Crippen LogP contribution in [0, 0.1) is 0 Å². The summed E-state index contributed by atoms with van der Waals surface area (Å²) >= 11 is 0. The molecule has 10 nitrogen and oxygen atoms in total. The number of hydrogen-bond acceptors (Lipinski definition) is 7. The smallest absolute Gasteiger partial charge is 0.475 e. The first-order valence-corrected chi connectivity index (χ1v) is 11.2. The van der Waals surface area contributed by atoms with E-state index in [-0.39, 0.29) is 24.2 Å². The van der Waals surface area contributed by atoms with Crippen LogP contribution in [0.15, 0.2) is 48.9 Å². The summed E-state index contributed by atoms with van der Waals surface area (Å²) in [6.45, 7) is 1.68. The van der Waals surface area contributed by atoms with Crippen LogP contribution >= 0.6 is 0 Å². The maximum Gasteiger partial charge on any atom is 0.490 e. The van der Waals surface area contributed by atoms with Gasteiger partial charge in [-0.05, 0) is 42.7 Å². The van der Waals surface area contributed by atoms with Gasteiger partial charge < -0.3 is 24.6 Å². The molecule has 0 unspecified atom stereocenters. The van der Waals surface area contributed by atoms with Crippen molar-refractivity contribution in [1.29, 1.82) is 0 Å². The molecule has 1 aliphatic heterocycles. The van der Waals surface area contributed by atoms with Crippen molar-refractivity contribution in [3.8, 4) is 0 Å².